The predicted molar refractivity (Wildman–Crippen MR) is 83.3 cm³/mol. The molecule has 0 bridgehead atoms. The molecule has 0 unspecified atom stereocenters. The Hall–Kier alpha value is -1.26. The van der Waals surface area contributed by atoms with E-state index >= 15 is 0 Å². The van der Waals surface area contributed by atoms with Crippen LogP contribution in [0.25, 0.3) is 0 Å². The SMILES string of the molecule is CNCc1cc(Cl)ccc1N1CCN(C)C(=O)C1(C)C. The van der Waals surface area contributed by atoms with E-state index in [1.54, 1.807) is 4.90 Å². The summed E-state index contributed by atoms with van der Waals surface area (Å²) in [5.74, 6) is 0.147. The molecule has 110 valence electrons. The molecule has 1 aromatic rings. The van der Waals surface area contributed by atoms with Gasteiger partial charge in [0, 0.05) is 37.4 Å². The van der Waals surface area contributed by atoms with Gasteiger partial charge in [-0.25, -0.2) is 0 Å². The topological polar surface area (TPSA) is 35.6 Å². The number of piperazine rings is 1. The summed E-state index contributed by atoms with van der Waals surface area (Å²) >= 11 is 6.09. The molecule has 1 aliphatic heterocycles. The van der Waals surface area contributed by atoms with Crippen molar-refractivity contribution in [1.82, 2.24) is 10.2 Å². The Labute approximate surface area is 125 Å². The fourth-order valence-corrected chi connectivity index (χ4v) is 2.98. The predicted octanol–water partition coefficient (Wildman–Crippen LogP) is 2.12. The van der Waals surface area contributed by atoms with Crippen molar-refractivity contribution in [3.05, 3.63) is 28.8 Å². The first-order valence-electron chi connectivity index (χ1n) is 6.84. The number of anilines is 1. The molecular weight excluding hydrogens is 274 g/mol. The van der Waals surface area contributed by atoms with Crippen LogP contribution < -0.4 is 10.2 Å². The van der Waals surface area contributed by atoms with Crippen LogP contribution in [-0.4, -0.2) is 43.5 Å². The lowest BCUT2D eigenvalue weighted by Gasteiger charge is -2.46. The van der Waals surface area contributed by atoms with Crippen molar-refractivity contribution < 1.29 is 4.79 Å². The smallest absolute Gasteiger partial charge is 0.247 e. The standard InChI is InChI=1S/C15H22ClN3O/c1-15(2)14(20)18(4)7-8-19(15)13-6-5-12(16)9-11(13)10-17-3/h5-6,9,17H,7-8,10H2,1-4H3. The molecule has 1 saturated heterocycles. The van der Waals surface area contributed by atoms with Crippen LogP contribution >= 0.6 is 11.6 Å². The zero-order valence-corrected chi connectivity index (χ0v) is 13.3. The van der Waals surface area contributed by atoms with Crippen LogP contribution in [-0.2, 0) is 11.3 Å². The Morgan fingerprint density at radius 2 is 2.05 bits per heavy atom. The fraction of sp³-hybridized carbons (Fsp3) is 0.533. The van der Waals surface area contributed by atoms with Gasteiger partial charge >= 0.3 is 0 Å². The van der Waals surface area contributed by atoms with Crippen molar-refractivity contribution in [2.45, 2.75) is 25.9 Å². The van der Waals surface area contributed by atoms with Crippen molar-refractivity contribution >= 4 is 23.2 Å². The number of likely N-dealkylation sites (N-methyl/N-ethyl adjacent to an activating group) is 1. The van der Waals surface area contributed by atoms with E-state index in [1.165, 1.54) is 0 Å². The lowest BCUT2D eigenvalue weighted by Crippen LogP contribution is -2.62. The zero-order chi connectivity index (χ0) is 14.9. The van der Waals surface area contributed by atoms with E-state index in [2.05, 4.69) is 10.2 Å². The maximum absolute atomic E-state index is 12.4. The van der Waals surface area contributed by atoms with Crippen molar-refractivity contribution in [2.75, 3.05) is 32.1 Å². The van der Waals surface area contributed by atoms with Crippen LogP contribution in [0.1, 0.15) is 19.4 Å². The molecule has 0 spiro atoms. The van der Waals surface area contributed by atoms with E-state index in [0.717, 1.165) is 35.9 Å². The first-order valence-corrected chi connectivity index (χ1v) is 7.22. The van der Waals surface area contributed by atoms with Crippen LogP contribution in [0.3, 0.4) is 0 Å². The average Bonchev–Trinajstić information content (AvgIpc) is 2.38. The Bertz CT molecular complexity index is 516. The van der Waals surface area contributed by atoms with Gasteiger partial charge in [-0.3, -0.25) is 4.79 Å². The summed E-state index contributed by atoms with van der Waals surface area (Å²) < 4.78 is 0. The van der Waals surface area contributed by atoms with Crippen molar-refractivity contribution in [1.29, 1.82) is 0 Å². The number of nitrogens with one attached hydrogen (secondary N) is 1. The number of amides is 1. The molecule has 0 aromatic heterocycles. The van der Waals surface area contributed by atoms with Crippen LogP contribution in [0.2, 0.25) is 5.02 Å². The fourth-order valence-electron chi connectivity index (χ4n) is 2.78. The maximum Gasteiger partial charge on any atom is 0.247 e. The molecule has 1 N–H and O–H groups in total. The molecule has 1 aromatic carbocycles. The van der Waals surface area contributed by atoms with Gasteiger partial charge in [-0.2, -0.15) is 0 Å². The Balaban J connectivity index is 2.42. The Morgan fingerprint density at radius 1 is 1.35 bits per heavy atom. The molecule has 1 heterocycles. The second-order valence-electron chi connectivity index (χ2n) is 5.74. The minimum atomic E-state index is -0.538. The van der Waals surface area contributed by atoms with E-state index in [1.807, 2.05) is 46.1 Å². The molecule has 0 radical (unpaired) electrons. The molecule has 4 nitrogen and oxygen atoms in total. The van der Waals surface area contributed by atoms with E-state index < -0.39 is 5.54 Å². The van der Waals surface area contributed by atoms with Crippen molar-refractivity contribution in [3.8, 4) is 0 Å². The molecule has 20 heavy (non-hydrogen) atoms. The third kappa shape index (κ3) is 2.63. The van der Waals surface area contributed by atoms with Crippen LogP contribution in [0.15, 0.2) is 18.2 Å². The van der Waals surface area contributed by atoms with E-state index in [0.29, 0.717) is 0 Å². The summed E-state index contributed by atoms with van der Waals surface area (Å²) in [4.78, 5) is 16.4. The minimum absolute atomic E-state index is 0.147. The van der Waals surface area contributed by atoms with Crippen molar-refractivity contribution in [3.63, 3.8) is 0 Å². The normalized spacial score (nSPS) is 18.6. The third-order valence-electron chi connectivity index (χ3n) is 3.90. The highest BCUT2D eigenvalue weighted by atomic mass is 35.5. The van der Waals surface area contributed by atoms with Gasteiger partial charge in [-0.05, 0) is 44.7 Å². The van der Waals surface area contributed by atoms with Gasteiger partial charge < -0.3 is 15.1 Å². The number of hydrogen-bond acceptors (Lipinski definition) is 3. The lowest BCUT2D eigenvalue weighted by atomic mass is 9.95. The number of nitrogens with zero attached hydrogens (tertiary/aromatic N) is 2. The highest BCUT2D eigenvalue weighted by Crippen LogP contribution is 2.32. The van der Waals surface area contributed by atoms with Crippen LogP contribution in [0.5, 0.6) is 0 Å². The molecule has 2 rings (SSSR count). The van der Waals surface area contributed by atoms with Crippen LogP contribution in [0, 0.1) is 0 Å². The zero-order valence-electron chi connectivity index (χ0n) is 12.5. The van der Waals surface area contributed by atoms with Gasteiger partial charge in [-0.1, -0.05) is 11.6 Å². The highest BCUT2D eigenvalue weighted by molar-refractivity contribution is 6.30. The molecule has 0 atom stereocenters. The average molecular weight is 296 g/mol. The van der Waals surface area contributed by atoms with Gasteiger partial charge in [0.15, 0.2) is 0 Å². The Kier molecular flexibility index (Phi) is 4.25. The molecule has 0 saturated carbocycles. The number of carbonyl (C=O) groups excluding carboxylic acids is 1. The third-order valence-corrected chi connectivity index (χ3v) is 4.14. The summed E-state index contributed by atoms with van der Waals surface area (Å²) in [7, 11) is 3.77. The molecular formula is C15H22ClN3O. The lowest BCUT2D eigenvalue weighted by molar-refractivity contribution is -0.136. The van der Waals surface area contributed by atoms with Gasteiger partial charge in [-0.15, -0.1) is 0 Å². The van der Waals surface area contributed by atoms with Gasteiger partial charge in [0.2, 0.25) is 5.91 Å². The number of benzene rings is 1. The first kappa shape index (κ1) is 15.1. The number of carbonyl (C=O) groups is 1. The van der Waals surface area contributed by atoms with E-state index in [4.69, 9.17) is 11.6 Å². The van der Waals surface area contributed by atoms with Gasteiger partial charge in [0.25, 0.3) is 0 Å². The minimum Gasteiger partial charge on any atom is -0.355 e. The maximum atomic E-state index is 12.4. The van der Waals surface area contributed by atoms with Crippen molar-refractivity contribution in [2.24, 2.45) is 0 Å². The summed E-state index contributed by atoms with van der Waals surface area (Å²) in [6, 6.07) is 5.86. The molecule has 1 aliphatic rings. The van der Waals surface area contributed by atoms with E-state index in [-0.39, 0.29) is 5.91 Å². The quantitative estimate of drug-likeness (QED) is 0.928. The monoisotopic (exact) mass is 295 g/mol. The molecule has 1 amide bonds. The molecule has 0 aliphatic carbocycles. The summed E-state index contributed by atoms with van der Waals surface area (Å²) in [5.41, 5.74) is 1.66. The first-order chi connectivity index (χ1) is 9.37. The molecule has 5 heteroatoms. The van der Waals surface area contributed by atoms with Crippen LogP contribution in [0.4, 0.5) is 5.69 Å². The second kappa shape index (κ2) is 5.62. The number of halogens is 1. The van der Waals surface area contributed by atoms with Gasteiger partial charge in [0.05, 0.1) is 0 Å². The summed E-state index contributed by atoms with van der Waals surface area (Å²) in [5, 5.41) is 3.88. The summed E-state index contributed by atoms with van der Waals surface area (Å²) in [6.07, 6.45) is 0. The van der Waals surface area contributed by atoms with E-state index in [9.17, 15) is 4.79 Å². The number of hydrogen-bond donors (Lipinski definition) is 1. The largest absolute Gasteiger partial charge is 0.355 e. The Morgan fingerprint density at radius 3 is 2.70 bits per heavy atom. The highest BCUT2D eigenvalue weighted by Gasteiger charge is 2.41. The van der Waals surface area contributed by atoms with Gasteiger partial charge in [0.1, 0.15) is 5.54 Å². The summed E-state index contributed by atoms with van der Waals surface area (Å²) in [6.45, 7) is 6.25. The number of rotatable bonds is 3. The molecule has 1 fully saturated rings. The second-order valence-corrected chi connectivity index (χ2v) is 6.18.